The van der Waals surface area contributed by atoms with E-state index in [1.54, 1.807) is 0 Å². The molecule has 1 N–H and O–H groups in total. The molecule has 5 heteroatoms. The van der Waals surface area contributed by atoms with Gasteiger partial charge in [0.1, 0.15) is 5.54 Å². The van der Waals surface area contributed by atoms with Crippen molar-refractivity contribution in [2.45, 2.75) is 51.0 Å². The molecular weight excluding hydrogens is 272 g/mol. The predicted molar refractivity (Wildman–Crippen MR) is 82.7 cm³/mol. The Bertz CT molecular complexity index is 367. The smallest absolute Gasteiger partial charge is 0.248 e. The predicted octanol–water partition coefficient (Wildman–Crippen LogP) is 2.04. The molecule has 1 unspecified atom stereocenters. The van der Waals surface area contributed by atoms with Crippen LogP contribution in [0, 0.1) is 5.92 Å². The molecule has 20 heavy (non-hydrogen) atoms. The van der Waals surface area contributed by atoms with Crippen molar-refractivity contribution < 1.29 is 9.59 Å². The van der Waals surface area contributed by atoms with E-state index < -0.39 is 5.54 Å². The summed E-state index contributed by atoms with van der Waals surface area (Å²) < 4.78 is 0. The van der Waals surface area contributed by atoms with Crippen molar-refractivity contribution in [1.82, 2.24) is 10.2 Å². The van der Waals surface area contributed by atoms with Crippen molar-refractivity contribution in [3.05, 3.63) is 0 Å². The number of hydrogen-bond acceptors (Lipinski definition) is 3. The number of hydrogen-bond donors (Lipinski definition) is 1. The SMILES string of the molecule is CSCC(C)CN1CCC(=O)NC2(CCCCC2)C1=O. The molecule has 1 aliphatic heterocycles. The van der Waals surface area contributed by atoms with Gasteiger partial charge in [-0.3, -0.25) is 9.59 Å². The fourth-order valence-corrected chi connectivity index (χ4v) is 4.08. The maximum Gasteiger partial charge on any atom is 0.248 e. The minimum atomic E-state index is -0.592. The normalized spacial score (nSPS) is 24.4. The highest BCUT2D eigenvalue weighted by molar-refractivity contribution is 7.98. The molecule has 2 fully saturated rings. The van der Waals surface area contributed by atoms with Crippen LogP contribution in [0.25, 0.3) is 0 Å². The zero-order valence-electron chi connectivity index (χ0n) is 12.6. The first-order valence-electron chi connectivity index (χ1n) is 7.67. The van der Waals surface area contributed by atoms with Gasteiger partial charge in [-0.25, -0.2) is 0 Å². The van der Waals surface area contributed by atoms with Gasteiger partial charge in [-0.1, -0.05) is 26.2 Å². The zero-order valence-corrected chi connectivity index (χ0v) is 13.4. The average molecular weight is 298 g/mol. The maximum absolute atomic E-state index is 12.9. The van der Waals surface area contributed by atoms with Crippen molar-refractivity contribution in [2.24, 2.45) is 5.92 Å². The van der Waals surface area contributed by atoms with Crippen LogP contribution in [0.4, 0.5) is 0 Å². The average Bonchev–Trinajstić information content (AvgIpc) is 2.53. The molecular formula is C15H26N2O2S. The van der Waals surface area contributed by atoms with Crippen molar-refractivity contribution in [1.29, 1.82) is 0 Å². The second-order valence-corrected chi connectivity index (χ2v) is 7.16. The molecule has 1 aliphatic carbocycles. The molecule has 2 rings (SSSR count). The number of amides is 2. The lowest BCUT2D eigenvalue weighted by atomic mass is 9.80. The Balaban J connectivity index is 2.12. The molecule has 2 aliphatic rings. The van der Waals surface area contributed by atoms with Crippen molar-refractivity contribution >= 4 is 23.6 Å². The summed E-state index contributed by atoms with van der Waals surface area (Å²) in [7, 11) is 0. The highest BCUT2D eigenvalue weighted by Crippen LogP contribution is 2.31. The van der Waals surface area contributed by atoms with Crippen LogP contribution in [0.3, 0.4) is 0 Å². The Morgan fingerprint density at radius 1 is 1.30 bits per heavy atom. The van der Waals surface area contributed by atoms with E-state index in [4.69, 9.17) is 0 Å². The lowest BCUT2D eigenvalue weighted by Gasteiger charge is -2.38. The van der Waals surface area contributed by atoms with Crippen LogP contribution >= 0.6 is 11.8 Å². The molecule has 1 saturated carbocycles. The molecule has 1 saturated heterocycles. The van der Waals surface area contributed by atoms with Gasteiger partial charge in [-0.05, 0) is 30.8 Å². The summed E-state index contributed by atoms with van der Waals surface area (Å²) in [6, 6.07) is 0. The Hall–Kier alpha value is -0.710. The van der Waals surface area contributed by atoms with E-state index in [0.29, 0.717) is 18.9 Å². The van der Waals surface area contributed by atoms with E-state index in [9.17, 15) is 9.59 Å². The standard InChI is InChI=1S/C15H26N2O2S/c1-12(11-20-2)10-17-9-6-13(18)16-15(14(17)19)7-4-3-5-8-15/h12H,3-11H2,1-2H3,(H,16,18). The highest BCUT2D eigenvalue weighted by atomic mass is 32.2. The molecule has 2 amide bonds. The van der Waals surface area contributed by atoms with E-state index in [1.165, 1.54) is 6.42 Å². The number of carbonyl (C=O) groups excluding carboxylic acids is 2. The third-order valence-corrected chi connectivity index (χ3v) is 5.28. The molecule has 0 aromatic heterocycles. The van der Waals surface area contributed by atoms with E-state index in [1.807, 2.05) is 16.7 Å². The van der Waals surface area contributed by atoms with Crippen molar-refractivity contribution in [3.63, 3.8) is 0 Å². The van der Waals surface area contributed by atoms with E-state index >= 15 is 0 Å². The quantitative estimate of drug-likeness (QED) is 0.864. The maximum atomic E-state index is 12.9. The van der Waals surface area contributed by atoms with Gasteiger partial charge in [0.2, 0.25) is 11.8 Å². The monoisotopic (exact) mass is 298 g/mol. The van der Waals surface area contributed by atoms with Crippen molar-refractivity contribution in [3.8, 4) is 0 Å². The van der Waals surface area contributed by atoms with Gasteiger partial charge in [0.25, 0.3) is 0 Å². The molecule has 0 aromatic rings. The lowest BCUT2D eigenvalue weighted by Crippen LogP contribution is -2.58. The number of thioether (sulfide) groups is 1. The molecule has 114 valence electrons. The van der Waals surface area contributed by atoms with Crippen LogP contribution in [0.15, 0.2) is 0 Å². The summed E-state index contributed by atoms with van der Waals surface area (Å²) in [6.07, 6.45) is 7.41. The number of carbonyl (C=O) groups is 2. The molecule has 0 aromatic carbocycles. The first-order chi connectivity index (χ1) is 9.57. The summed E-state index contributed by atoms with van der Waals surface area (Å²) in [4.78, 5) is 26.8. The molecule has 0 radical (unpaired) electrons. The fourth-order valence-electron chi connectivity index (χ4n) is 3.41. The Kier molecular flexibility index (Phi) is 5.35. The van der Waals surface area contributed by atoms with Gasteiger partial charge in [0, 0.05) is 19.5 Å². The number of nitrogens with one attached hydrogen (secondary N) is 1. The summed E-state index contributed by atoms with van der Waals surface area (Å²) in [5.74, 6) is 1.73. The van der Waals surface area contributed by atoms with Gasteiger partial charge >= 0.3 is 0 Å². The van der Waals surface area contributed by atoms with Crippen LogP contribution in [0.1, 0.15) is 45.4 Å². The molecule has 1 atom stereocenters. The third-order valence-electron chi connectivity index (χ3n) is 4.37. The summed E-state index contributed by atoms with van der Waals surface area (Å²) in [6.45, 7) is 3.53. The van der Waals surface area contributed by atoms with Crippen LogP contribution < -0.4 is 5.32 Å². The number of rotatable bonds is 4. The lowest BCUT2D eigenvalue weighted by molar-refractivity contribution is -0.140. The minimum absolute atomic E-state index is 0.0419. The highest BCUT2D eigenvalue weighted by Gasteiger charge is 2.45. The van der Waals surface area contributed by atoms with Crippen LogP contribution in [-0.4, -0.2) is 47.4 Å². The van der Waals surface area contributed by atoms with Gasteiger partial charge in [-0.15, -0.1) is 0 Å². The first kappa shape index (κ1) is 15.7. The van der Waals surface area contributed by atoms with Crippen LogP contribution in [0.2, 0.25) is 0 Å². The van der Waals surface area contributed by atoms with Gasteiger partial charge in [0.15, 0.2) is 0 Å². The summed E-state index contributed by atoms with van der Waals surface area (Å²) in [5.41, 5.74) is -0.592. The molecule has 0 bridgehead atoms. The molecule has 1 heterocycles. The van der Waals surface area contributed by atoms with Crippen LogP contribution in [0.5, 0.6) is 0 Å². The second-order valence-electron chi connectivity index (χ2n) is 6.25. The Labute approximate surface area is 126 Å². The van der Waals surface area contributed by atoms with Gasteiger partial charge in [0.05, 0.1) is 0 Å². The van der Waals surface area contributed by atoms with Crippen molar-refractivity contribution in [2.75, 3.05) is 25.1 Å². The summed E-state index contributed by atoms with van der Waals surface area (Å²) >= 11 is 1.81. The van der Waals surface area contributed by atoms with E-state index in [2.05, 4.69) is 18.5 Å². The van der Waals surface area contributed by atoms with Gasteiger partial charge < -0.3 is 10.2 Å². The van der Waals surface area contributed by atoms with Crippen LogP contribution in [-0.2, 0) is 9.59 Å². The van der Waals surface area contributed by atoms with Gasteiger partial charge in [-0.2, -0.15) is 11.8 Å². The zero-order chi connectivity index (χ0) is 14.6. The Morgan fingerprint density at radius 3 is 2.65 bits per heavy atom. The largest absolute Gasteiger partial charge is 0.342 e. The molecule has 4 nitrogen and oxygen atoms in total. The second kappa shape index (κ2) is 6.83. The minimum Gasteiger partial charge on any atom is -0.342 e. The third kappa shape index (κ3) is 3.48. The first-order valence-corrected chi connectivity index (χ1v) is 9.06. The topological polar surface area (TPSA) is 49.4 Å². The fraction of sp³-hybridized carbons (Fsp3) is 0.867. The van der Waals surface area contributed by atoms with E-state index in [0.717, 1.165) is 38.0 Å². The summed E-state index contributed by atoms with van der Waals surface area (Å²) in [5, 5.41) is 3.04. The molecule has 1 spiro atoms. The Morgan fingerprint density at radius 2 is 2.00 bits per heavy atom. The number of nitrogens with zero attached hydrogens (tertiary/aromatic N) is 1. The van der Waals surface area contributed by atoms with E-state index in [-0.39, 0.29) is 11.8 Å².